The summed E-state index contributed by atoms with van der Waals surface area (Å²) in [6.07, 6.45) is 0. The summed E-state index contributed by atoms with van der Waals surface area (Å²) in [5.41, 5.74) is 6.68. The molecule has 0 radical (unpaired) electrons. The molecule has 11 heteroatoms. The Bertz CT molecular complexity index is 1030. The zero-order chi connectivity index (χ0) is 18.6. The van der Waals surface area contributed by atoms with E-state index in [2.05, 4.69) is 30.5 Å². The van der Waals surface area contributed by atoms with Crippen molar-refractivity contribution in [2.45, 2.75) is 10.9 Å². The van der Waals surface area contributed by atoms with Crippen molar-refractivity contribution in [3.8, 4) is 10.7 Å². The Kier molecular flexibility index (Phi) is 4.85. The summed E-state index contributed by atoms with van der Waals surface area (Å²) in [5, 5.41) is 13.9. The number of rotatable bonds is 6. The summed E-state index contributed by atoms with van der Waals surface area (Å²) in [6, 6.07) is 13.5. The lowest BCUT2D eigenvalue weighted by Crippen LogP contribution is -2.11. The Morgan fingerprint density at radius 2 is 1.89 bits per heavy atom. The molecule has 27 heavy (non-hydrogen) atoms. The van der Waals surface area contributed by atoms with Crippen molar-refractivity contribution in [1.82, 2.24) is 29.8 Å². The third kappa shape index (κ3) is 3.99. The Balaban J connectivity index is 1.49. The van der Waals surface area contributed by atoms with Crippen LogP contribution in [0.25, 0.3) is 10.7 Å². The second-order valence-electron chi connectivity index (χ2n) is 5.37. The molecule has 3 heterocycles. The molecule has 4 aromatic rings. The fourth-order valence-corrected chi connectivity index (χ4v) is 3.70. The van der Waals surface area contributed by atoms with Crippen molar-refractivity contribution in [2.75, 3.05) is 16.9 Å². The van der Waals surface area contributed by atoms with Crippen LogP contribution >= 0.6 is 23.1 Å². The molecule has 0 aliphatic carbocycles. The van der Waals surface area contributed by atoms with Crippen LogP contribution in [0.3, 0.4) is 0 Å². The molecular formula is C16H15N9S2. The Labute approximate surface area is 162 Å². The van der Waals surface area contributed by atoms with Crippen LogP contribution in [0.15, 0.2) is 53.0 Å². The molecule has 0 bridgehead atoms. The summed E-state index contributed by atoms with van der Waals surface area (Å²) in [7, 11) is 0. The average Bonchev–Trinajstić information content (AvgIpc) is 3.30. The molecule has 0 amide bonds. The maximum Gasteiger partial charge on any atom is 0.232 e. The van der Waals surface area contributed by atoms with Crippen LogP contribution in [0.1, 0.15) is 5.82 Å². The molecule has 0 saturated carbocycles. The number of nitrogens with two attached hydrogens (primary N) is 2. The fraction of sp³-hybridized carbons (Fsp3) is 0.0625. The summed E-state index contributed by atoms with van der Waals surface area (Å²) in [4.78, 5) is 13.6. The fourth-order valence-electron chi connectivity index (χ4n) is 2.29. The van der Waals surface area contributed by atoms with Crippen LogP contribution in [0.2, 0.25) is 0 Å². The molecule has 0 fully saturated rings. The standard InChI is InChI=1S/C16H15N9S2/c17-14-20-12(21-15(22-14)19-10-5-2-1-3-6-10)9-27-16-24-23-13(25(16)18)11-7-4-8-26-11/h1-8H,9,18H2,(H3,17,19,20,21,22). The predicted octanol–water partition coefficient (Wildman–Crippen LogP) is 2.52. The topological polar surface area (TPSA) is 133 Å². The highest BCUT2D eigenvalue weighted by molar-refractivity contribution is 7.98. The van der Waals surface area contributed by atoms with Crippen LogP contribution < -0.4 is 16.9 Å². The first-order valence-corrected chi connectivity index (χ1v) is 9.75. The molecule has 9 nitrogen and oxygen atoms in total. The lowest BCUT2D eigenvalue weighted by molar-refractivity contribution is 0.848. The van der Waals surface area contributed by atoms with Gasteiger partial charge in [-0.2, -0.15) is 15.0 Å². The van der Waals surface area contributed by atoms with Crippen LogP contribution in [-0.2, 0) is 5.75 Å². The molecule has 1 aromatic carbocycles. The second-order valence-corrected chi connectivity index (χ2v) is 7.26. The number of thiophene rings is 1. The number of thioether (sulfide) groups is 1. The van der Waals surface area contributed by atoms with E-state index in [1.165, 1.54) is 16.4 Å². The highest BCUT2D eigenvalue weighted by Crippen LogP contribution is 2.26. The SMILES string of the molecule is Nc1nc(CSc2nnc(-c3cccs3)n2N)nc(Nc2ccccc2)n1. The molecular weight excluding hydrogens is 382 g/mol. The van der Waals surface area contributed by atoms with E-state index in [0.29, 0.717) is 28.5 Å². The highest BCUT2D eigenvalue weighted by atomic mass is 32.2. The van der Waals surface area contributed by atoms with E-state index in [4.69, 9.17) is 11.6 Å². The van der Waals surface area contributed by atoms with Gasteiger partial charge in [0, 0.05) is 5.69 Å². The van der Waals surface area contributed by atoms with Crippen molar-refractivity contribution in [2.24, 2.45) is 0 Å². The summed E-state index contributed by atoms with van der Waals surface area (Å²) < 4.78 is 1.46. The van der Waals surface area contributed by atoms with Gasteiger partial charge in [-0.3, -0.25) is 0 Å². The number of nitrogens with one attached hydrogen (secondary N) is 1. The van der Waals surface area contributed by atoms with Crippen LogP contribution in [0, 0.1) is 0 Å². The molecule has 0 spiro atoms. The van der Waals surface area contributed by atoms with Crippen LogP contribution in [-0.4, -0.2) is 29.8 Å². The third-order valence-electron chi connectivity index (χ3n) is 3.47. The monoisotopic (exact) mass is 397 g/mol. The average molecular weight is 397 g/mol. The van der Waals surface area contributed by atoms with E-state index in [0.717, 1.165) is 10.6 Å². The van der Waals surface area contributed by atoms with E-state index >= 15 is 0 Å². The van der Waals surface area contributed by atoms with E-state index in [-0.39, 0.29) is 5.95 Å². The van der Waals surface area contributed by atoms with E-state index in [1.807, 2.05) is 47.8 Å². The molecule has 0 atom stereocenters. The van der Waals surface area contributed by atoms with Gasteiger partial charge in [0.05, 0.1) is 10.6 Å². The molecule has 3 aromatic heterocycles. The number of hydrogen-bond acceptors (Lipinski definition) is 10. The van der Waals surface area contributed by atoms with Gasteiger partial charge in [0.25, 0.3) is 0 Å². The minimum atomic E-state index is 0.146. The first kappa shape index (κ1) is 17.2. The van der Waals surface area contributed by atoms with Crippen LogP contribution in [0.4, 0.5) is 17.6 Å². The number of aromatic nitrogens is 6. The largest absolute Gasteiger partial charge is 0.368 e. The van der Waals surface area contributed by atoms with E-state index < -0.39 is 0 Å². The van der Waals surface area contributed by atoms with Gasteiger partial charge in [-0.15, -0.1) is 21.5 Å². The van der Waals surface area contributed by atoms with Crippen molar-refractivity contribution in [3.63, 3.8) is 0 Å². The normalized spacial score (nSPS) is 10.8. The van der Waals surface area contributed by atoms with Crippen molar-refractivity contribution in [1.29, 1.82) is 0 Å². The molecule has 0 saturated heterocycles. The second kappa shape index (κ2) is 7.60. The van der Waals surface area contributed by atoms with Gasteiger partial charge in [0.1, 0.15) is 5.82 Å². The maximum absolute atomic E-state index is 6.11. The van der Waals surface area contributed by atoms with Gasteiger partial charge >= 0.3 is 0 Å². The smallest absolute Gasteiger partial charge is 0.232 e. The Morgan fingerprint density at radius 3 is 2.67 bits per heavy atom. The number of nitrogen functional groups attached to an aromatic ring is 2. The molecule has 5 N–H and O–H groups in total. The van der Waals surface area contributed by atoms with Gasteiger partial charge < -0.3 is 16.9 Å². The van der Waals surface area contributed by atoms with Gasteiger partial charge in [0.2, 0.25) is 17.1 Å². The minimum Gasteiger partial charge on any atom is -0.368 e. The molecule has 0 unspecified atom stereocenters. The van der Waals surface area contributed by atoms with E-state index in [9.17, 15) is 0 Å². The number of hydrogen-bond donors (Lipinski definition) is 3. The quantitative estimate of drug-likeness (QED) is 0.331. The third-order valence-corrected chi connectivity index (χ3v) is 5.27. The maximum atomic E-state index is 6.11. The van der Waals surface area contributed by atoms with Crippen molar-refractivity contribution < 1.29 is 0 Å². The highest BCUT2D eigenvalue weighted by Gasteiger charge is 2.14. The van der Waals surface area contributed by atoms with Crippen molar-refractivity contribution >= 4 is 40.7 Å². The Morgan fingerprint density at radius 1 is 1.04 bits per heavy atom. The summed E-state index contributed by atoms with van der Waals surface area (Å²) in [6.45, 7) is 0. The minimum absolute atomic E-state index is 0.146. The zero-order valence-corrected chi connectivity index (χ0v) is 15.6. The Hall–Kier alpha value is -3.18. The zero-order valence-electron chi connectivity index (χ0n) is 14.0. The summed E-state index contributed by atoms with van der Waals surface area (Å²) >= 11 is 2.93. The van der Waals surface area contributed by atoms with E-state index in [1.54, 1.807) is 11.3 Å². The molecule has 0 aliphatic rings. The van der Waals surface area contributed by atoms with Crippen molar-refractivity contribution in [3.05, 3.63) is 53.7 Å². The molecule has 136 valence electrons. The lowest BCUT2D eigenvalue weighted by atomic mass is 10.3. The molecule has 0 aliphatic heterocycles. The molecule has 4 rings (SSSR count). The first-order valence-electron chi connectivity index (χ1n) is 7.89. The number of para-hydroxylation sites is 1. The van der Waals surface area contributed by atoms with Gasteiger partial charge in [-0.05, 0) is 23.6 Å². The van der Waals surface area contributed by atoms with Gasteiger partial charge in [-0.25, -0.2) is 4.68 Å². The lowest BCUT2D eigenvalue weighted by Gasteiger charge is -2.07. The number of nitrogens with zero attached hydrogens (tertiary/aromatic N) is 6. The summed E-state index contributed by atoms with van der Waals surface area (Å²) in [5.74, 6) is 8.21. The number of benzene rings is 1. The van der Waals surface area contributed by atoms with Gasteiger partial charge in [0.15, 0.2) is 5.82 Å². The van der Waals surface area contributed by atoms with Gasteiger partial charge in [-0.1, -0.05) is 36.0 Å². The van der Waals surface area contributed by atoms with Crippen LogP contribution in [0.5, 0.6) is 0 Å². The number of anilines is 3. The predicted molar refractivity (Wildman–Crippen MR) is 107 cm³/mol. The first-order chi connectivity index (χ1) is 13.2.